The summed E-state index contributed by atoms with van der Waals surface area (Å²) in [6.45, 7) is 2.21. The summed E-state index contributed by atoms with van der Waals surface area (Å²) in [6, 6.07) is 6.72. The molecule has 27 heavy (non-hydrogen) atoms. The molecule has 0 fully saturated rings. The third-order valence-corrected chi connectivity index (χ3v) is 6.64. The molecule has 0 spiro atoms. The summed E-state index contributed by atoms with van der Waals surface area (Å²) in [5.74, 6) is 1.03. The van der Waals surface area contributed by atoms with Crippen molar-refractivity contribution in [2.75, 3.05) is 21.1 Å². The summed E-state index contributed by atoms with van der Waals surface area (Å²) in [7, 11) is 6.42. The van der Waals surface area contributed by atoms with E-state index in [9.17, 15) is 4.39 Å². The third kappa shape index (κ3) is 2.92. The maximum atomic E-state index is 13.3. The van der Waals surface area contributed by atoms with Crippen LogP contribution in [-0.2, 0) is 0 Å². The molecular formula is C21H25FN4S. The lowest BCUT2D eigenvalue weighted by atomic mass is 10.1. The molecular weight excluding hydrogens is 359 g/mol. The van der Waals surface area contributed by atoms with E-state index in [1.165, 1.54) is 23.7 Å². The first-order chi connectivity index (χ1) is 13.0. The van der Waals surface area contributed by atoms with Gasteiger partial charge in [-0.15, -0.1) is 0 Å². The first-order valence-electron chi connectivity index (χ1n) is 9.19. The monoisotopic (exact) mass is 384 g/mol. The second-order valence-corrected chi connectivity index (χ2v) is 7.91. The molecule has 4 nitrogen and oxygen atoms in total. The van der Waals surface area contributed by atoms with Crippen LogP contribution in [0, 0.1) is 5.82 Å². The molecule has 6 heteroatoms. The Labute approximate surface area is 164 Å². The van der Waals surface area contributed by atoms with Gasteiger partial charge in [0.2, 0.25) is 0 Å². The van der Waals surface area contributed by atoms with Gasteiger partial charge in [-0.3, -0.25) is 0 Å². The number of benzene rings is 1. The zero-order valence-electron chi connectivity index (χ0n) is 16.1. The van der Waals surface area contributed by atoms with Crippen LogP contribution in [0.3, 0.4) is 0 Å². The molecule has 142 valence electrons. The van der Waals surface area contributed by atoms with Crippen LogP contribution in [0.5, 0.6) is 0 Å². The zero-order valence-corrected chi connectivity index (χ0v) is 16.9. The molecule has 1 aromatic rings. The molecule has 3 aliphatic heterocycles. The Kier molecular flexibility index (Phi) is 4.68. The molecule has 0 saturated carbocycles. The summed E-state index contributed by atoms with van der Waals surface area (Å²) < 4.78 is 13.3. The summed E-state index contributed by atoms with van der Waals surface area (Å²) in [5.41, 5.74) is 3.64. The van der Waals surface area contributed by atoms with Crippen LogP contribution in [0.1, 0.15) is 18.9 Å². The van der Waals surface area contributed by atoms with Crippen molar-refractivity contribution >= 4 is 17.5 Å². The number of likely N-dealkylation sites (N-methyl/N-ethyl adjacent to an activating group) is 1. The van der Waals surface area contributed by atoms with Crippen LogP contribution in [0.15, 0.2) is 65.6 Å². The molecule has 2 unspecified atom stereocenters. The first-order valence-corrected chi connectivity index (χ1v) is 10.1. The Morgan fingerprint density at radius 3 is 2.56 bits per heavy atom. The summed E-state index contributed by atoms with van der Waals surface area (Å²) in [6.07, 6.45) is 9.80. The highest BCUT2D eigenvalue weighted by Crippen LogP contribution is 2.41. The van der Waals surface area contributed by atoms with Crippen LogP contribution >= 0.6 is 11.8 Å². The molecule has 0 bridgehead atoms. The number of nitrogens with zero attached hydrogens (tertiary/aromatic N) is 4. The standard InChI is InChI=1S/C21H25FN4S/c1-5-17-20(26-13-7-6-8-19(26)23(17)2)25(4)21-24(3)18(14-27-21)15-9-11-16(22)12-10-15/h6-14,19,21H,5H2,1-4H3. The highest BCUT2D eigenvalue weighted by molar-refractivity contribution is 8.03. The van der Waals surface area contributed by atoms with E-state index in [4.69, 9.17) is 0 Å². The fourth-order valence-electron chi connectivity index (χ4n) is 4.02. The number of hydrogen-bond donors (Lipinski definition) is 0. The molecule has 0 aliphatic carbocycles. The normalized spacial score (nSPS) is 24.0. The predicted molar refractivity (Wildman–Crippen MR) is 110 cm³/mol. The minimum Gasteiger partial charge on any atom is -0.351 e. The number of hydrogen-bond acceptors (Lipinski definition) is 5. The number of fused-ring (bicyclic) bond motifs is 1. The van der Waals surface area contributed by atoms with Crippen molar-refractivity contribution in [1.82, 2.24) is 19.6 Å². The smallest absolute Gasteiger partial charge is 0.155 e. The van der Waals surface area contributed by atoms with Crippen molar-refractivity contribution in [2.45, 2.75) is 25.0 Å². The highest BCUT2D eigenvalue weighted by atomic mass is 32.2. The van der Waals surface area contributed by atoms with Gasteiger partial charge in [0, 0.05) is 27.3 Å². The minimum atomic E-state index is -0.205. The van der Waals surface area contributed by atoms with Crippen molar-refractivity contribution in [3.05, 3.63) is 77.0 Å². The van der Waals surface area contributed by atoms with Gasteiger partial charge in [0.05, 0.1) is 11.4 Å². The van der Waals surface area contributed by atoms with Crippen LogP contribution in [0.25, 0.3) is 5.70 Å². The molecule has 2 atom stereocenters. The quantitative estimate of drug-likeness (QED) is 0.767. The molecule has 3 aliphatic rings. The number of thioether (sulfide) groups is 1. The van der Waals surface area contributed by atoms with Gasteiger partial charge in [-0.2, -0.15) is 0 Å². The summed E-state index contributed by atoms with van der Waals surface area (Å²) in [4.78, 5) is 9.29. The molecule has 0 saturated heterocycles. The van der Waals surface area contributed by atoms with Gasteiger partial charge in [-0.25, -0.2) is 4.39 Å². The average molecular weight is 385 g/mol. The van der Waals surface area contributed by atoms with Crippen LogP contribution in [-0.4, -0.2) is 52.4 Å². The van der Waals surface area contributed by atoms with Gasteiger partial charge in [0.15, 0.2) is 5.50 Å². The van der Waals surface area contributed by atoms with Crippen LogP contribution in [0.4, 0.5) is 4.39 Å². The van der Waals surface area contributed by atoms with E-state index in [0.29, 0.717) is 0 Å². The van der Waals surface area contributed by atoms with E-state index in [2.05, 4.69) is 77.5 Å². The van der Waals surface area contributed by atoms with Crippen LogP contribution < -0.4 is 0 Å². The lowest BCUT2D eigenvalue weighted by molar-refractivity contribution is 0.181. The van der Waals surface area contributed by atoms with E-state index in [0.717, 1.165) is 17.7 Å². The molecule has 0 radical (unpaired) electrons. The molecule has 0 aromatic heterocycles. The Hall–Kier alpha value is -2.34. The second kappa shape index (κ2) is 7.00. The van der Waals surface area contributed by atoms with Gasteiger partial charge in [0.25, 0.3) is 0 Å². The molecule has 1 aromatic carbocycles. The van der Waals surface area contributed by atoms with Gasteiger partial charge >= 0.3 is 0 Å². The summed E-state index contributed by atoms with van der Waals surface area (Å²) >= 11 is 1.78. The van der Waals surface area contributed by atoms with E-state index < -0.39 is 0 Å². The molecule has 0 N–H and O–H groups in total. The fourth-order valence-corrected chi connectivity index (χ4v) is 5.16. The third-order valence-electron chi connectivity index (χ3n) is 5.40. The van der Waals surface area contributed by atoms with Crippen molar-refractivity contribution in [2.24, 2.45) is 0 Å². The van der Waals surface area contributed by atoms with Crippen LogP contribution in [0.2, 0.25) is 0 Å². The van der Waals surface area contributed by atoms with Crippen molar-refractivity contribution in [3.63, 3.8) is 0 Å². The van der Waals surface area contributed by atoms with E-state index in [1.807, 2.05) is 12.1 Å². The molecule has 0 amide bonds. The highest BCUT2D eigenvalue weighted by Gasteiger charge is 2.39. The zero-order chi connectivity index (χ0) is 19.1. The number of rotatable bonds is 4. The largest absolute Gasteiger partial charge is 0.351 e. The minimum absolute atomic E-state index is 0.146. The van der Waals surface area contributed by atoms with Crippen molar-refractivity contribution in [1.29, 1.82) is 0 Å². The fraction of sp³-hybridized carbons (Fsp3) is 0.333. The lowest BCUT2D eigenvalue weighted by Crippen LogP contribution is -2.43. The Balaban J connectivity index is 1.60. The predicted octanol–water partition coefficient (Wildman–Crippen LogP) is 4.25. The van der Waals surface area contributed by atoms with Gasteiger partial charge in [-0.05, 0) is 53.8 Å². The summed E-state index contributed by atoms with van der Waals surface area (Å²) in [5, 5.41) is 2.17. The number of allylic oxidation sites excluding steroid dienone is 3. The maximum absolute atomic E-state index is 13.3. The van der Waals surface area contributed by atoms with E-state index >= 15 is 0 Å². The second-order valence-electron chi connectivity index (χ2n) is 6.98. The SMILES string of the molecule is CCC1=C(N(C)C2SC=C(c3ccc(F)cc3)N2C)N2C=CC=CC2N1C. The van der Waals surface area contributed by atoms with E-state index in [1.54, 1.807) is 11.8 Å². The molecule has 3 heterocycles. The molecule has 4 rings (SSSR count). The number of halogens is 1. The van der Waals surface area contributed by atoms with Gasteiger partial charge in [0.1, 0.15) is 17.8 Å². The Morgan fingerprint density at radius 2 is 1.85 bits per heavy atom. The van der Waals surface area contributed by atoms with Crippen molar-refractivity contribution < 1.29 is 4.39 Å². The topological polar surface area (TPSA) is 13.0 Å². The van der Waals surface area contributed by atoms with E-state index in [-0.39, 0.29) is 17.5 Å². The lowest BCUT2D eigenvalue weighted by Gasteiger charge is -2.38. The van der Waals surface area contributed by atoms with Gasteiger partial charge in [-0.1, -0.05) is 24.8 Å². The van der Waals surface area contributed by atoms with Crippen molar-refractivity contribution in [3.8, 4) is 0 Å². The Bertz CT molecular complexity index is 842. The maximum Gasteiger partial charge on any atom is 0.155 e. The first kappa shape index (κ1) is 18.0. The van der Waals surface area contributed by atoms with Gasteiger partial charge < -0.3 is 19.6 Å². The Morgan fingerprint density at radius 1 is 1.11 bits per heavy atom. The average Bonchev–Trinajstić information content (AvgIpc) is 3.20.